The molecule has 3 rings (SSSR count). The van der Waals surface area contributed by atoms with E-state index in [1.807, 2.05) is 19.1 Å². The van der Waals surface area contributed by atoms with E-state index < -0.39 is 0 Å². The molecule has 1 aromatic carbocycles. The fourth-order valence-corrected chi connectivity index (χ4v) is 2.34. The Morgan fingerprint density at radius 2 is 1.71 bits per heavy atom. The second-order valence-electron chi connectivity index (χ2n) is 3.10. The van der Waals surface area contributed by atoms with Gasteiger partial charge < -0.3 is 0 Å². The standard InChI is InChI=1S/C10H7N3S/c1-6-13-9-4-7-8(5-10(9)14-6)12-3-2-11-7/h2-5H,1H3. The first-order valence-electron chi connectivity index (χ1n) is 4.31. The van der Waals surface area contributed by atoms with E-state index in [0.29, 0.717) is 0 Å². The number of fused-ring (bicyclic) bond motifs is 2. The molecule has 2 aromatic heterocycles. The number of rotatable bonds is 0. The Labute approximate surface area is 84.5 Å². The van der Waals surface area contributed by atoms with E-state index in [0.717, 1.165) is 21.6 Å². The fourth-order valence-electron chi connectivity index (χ4n) is 1.50. The van der Waals surface area contributed by atoms with Gasteiger partial charge in [-0.3, -0.25) is 9.97 Å². The lowest BCUT2D eigenvalue weighted by atomic mass is 10.3. The average molecular weight is 201 g/mol. The summed E-state index contributed by atoms with van der Waals surface area (Å²) in [4.78, 5) is 12.9. The van der Waals surface area contributed by atoms with Crippen LogP contribution in [0.25, 0.3) is 21.3 Å². The summed E-state index contributed by atoms with van der Waals surface area (Å²) in [6, 6.07) is 4.03. The summed E-state index contributed by atoms with van der Waals surface area (Å²) in [5, 5.41) is 1.08. The smallest absolute Gasteiger partial charge is 0.0909 e. The zero-order valence-corrected chi connectivity index (χ0v) is 8.38. The van der Waals surface area contributed by atoms with Gasteiger partial charge in [0, 0.05) is 12.4 Å². The summed E-state index contributed by atoms with van der Waals surface area (Å²) >= 11 is 1.69. The molecule has 0 bridgehead atoms. The Hall–Kier alpha value is -1.55. The normalized spacial score (nSPS) is 11.2. The van der Waals surface area contributed by atoms with Crippen molar-refractivity contribution in [2.75, 3.05) is 0 Å². The zero-order valence-electron chi connectivity index (χ0n) is 7.56. The largest absolute Gasteiger partial charge is 0.253 e. The molecule has 2 heterocycles. The van der Waals surface area contributed by atoms with Crippen molar-refractivity contribution in [3.05, 3.63) is 29.5 Å². The maximum Gasteiger partial charge on any atom is 0.0909 e. The minimum Gasteiger partial charge on any atom is -0.253 e. The second-order valence-corrected chi connectivity index (χ2v) is 4.33. The van der Waals surface area contributed by atoms with Gasteiger partial charge in [-0.15, -0.1) is 11.3 Å². The van der Waals surface area contributed by atoms with Crippen molar-refractivity contribution < 1.29 is 0 Å². The van der Waals surface area contributed by atoms with Crippen molar-refractivity contribution in [3.63, 3.8) is 0 Å². The highest BCUT2D eigenvalue weighted by molar-refractivity contribution is 7.18. The zero-order chi connectivity index (χ0) is 9.54. The highest BCUT2D eigenvalue weighted by atomic mass is 32.1. The summed E-state index contributed by atoms with van der Waals surface area (Å²) in [5.41, 5.74) is 2.86. The van der Waals surface area contributed by atoms with Gasteiger partial charge in [0.15, 0.2) is 0 Å². The van der Waals surface area contributed by atoms with Crippen LogP contribution in [0.2, 0.25) is 0 Å². The van der Waals surface area contributed by atoms with Crippen LogP contribution in [-0.4, -0.2) is 15.0 Å². The quantitative estimate of drug-likeness (QED) is 0.561. The second kappa shape index (κ2) is 2.72. The molecule has 0 aliphatic heterocycles. The Balaban J connectivity index is 2.51. The molecule has 0 spiro atoms. The molecule has 68 valence electrons. The minimum atomic E-state index is 0.908. The number of hydrogen-bond donors (Lipinski definition) is 0. The van der Waals surface area contributed by atoms with Crippen LogP contribution in [0, 0.1) is 6.92 Å². The van der Waals surface area contributed by atoms with Crippen molar-refractivity contribution in [1.29, 1.82) is 0 Å². The molecule has 0 saturated heterocycles. The lowest BCUT2D eigenvalue weighted by Crippen LogP contribution is -1.81. The Kier molecular flexibility index (Phi) is 1.52. The maximum atomic E-state index is 4.41. The lowest BCUT2D eigenvalue weighted by Gasteiger charge is -1.93. The van der Waals surface area contributed by atoms with Gasteiger partial charge in [0.05, 0.1) is 26.3 Å². The molecule has 0 saturated carbocycles. The average Bonchev–Trinajstić information content (AvgIpc) is 2.53. The van der Waals surface area contributed by atoms with Crippen LogP contribution in [0.3, 0.4) is 0 Å². The highest BCUT2D eigenvalue weighted by Crippen LogP contribution is 2.24. The molecule has 14 heavy (non-hydrogen) atoms. The molecule has 3 nitrogen and oxygen atoms in total. The Bertz CT molecular complexity index is 562. The van der Waals surface area contributed by atoms with Crippen LogP contribution in [0.4, 0.5) is 0 Å². The molecule has 0 fully saturated rings. The molecule has 0 atom stereocenters. The van der Waals surface area contributed by atoms with Crippen molar-refractivity contribution in [2.45, 2.75) is 6.92 Å². The maximum absolute atomic E-state index is 4.41. The first-order chi connectivity index (χ1) is 6.83. The first kappa shape index (κ1) is 7.82. The van der Waals surface area contributed by atoms with Gasteiger partial charge in [-0.1, -0.05) is 0 Å². The first-order valence-corrected chi connectivity index (χ1v) is 5.12. The number of benzene rings is 1. The molecule has 0 aliphatic carbocycles. The van der Waals surface area contributed by atoms with Gasteiger partial charge in [-0.25, -0.2) is 4.98 Å². The Morgan fingerprint density at radius 3 is 2.50 bits per heavy atom. The van der Waals surface area contributed by atoms with E-state index in [1.165, 1.54) is 4.70 Å². The van der Waals surface area contributed by atoms with E-state index in [2.05, 4.69) is 15.0 Å². The van der Waals surface area contributed by atoms with E-state index >= 15 is 0 Å². The summed E-state index contributed by atoms with van der Waals surface area (Å²) in [5.74, 6) is 0. The van der Waals surface area contributed by atoms with Crippen molar-refractivity contribution in [1.82, 2.24) is 15.0 Å². The van der Waals surface area contributed by atoms with E-state index in [9.17, 15) is 0 Å². The third-order valence-electron chi connectivity index (χ3n) is 2.09. The number of thiazole rings is 1. The van der Waals surface area contributed by atoms with Crippen molar-refractivity contribution in [2.24, 2.45) is 0 Å². The summed E-state index contributed by atoms with van der Waals surface area (Å²) < 4.78 is 1.18. The predicted octanol–water partition coefficient (Wildman–Crippen LogP) is 2.55. The lowest BCUT2D eigenvalue weighted by molar-refractivity contribution is 1.29. The van der Waals surface area contributed by atoms with Crippen LogP contribution < -0.4 is 0 Å². The van der Waals surface area contributed by atoms with Gasteiger partial charge in [-0.2, -0.15) is 0 Å². The van der Waals surface area contributed by atoms with Gasteiger partial charge in [-0.05, 0) is 19.1 Å². The molecule has 0 amide bonds. The summed E-state index contributed by atoms with van der Waals surface area (Å²) in [7, 11) is 0. The third kappa shape index (κ3) is 1.08. The molecular formula is C10H7N3S. The van der Waals surface area contributed by atoms with Gasteiger partial charge in [0.25, 0.3) is 0 Å². The number of aromatic nitrogens is 3. The van der Waals surface area contributed by atoms with Crippen LogP contribution >= 0.6 is 11.3 Å². The van der Waals surface area contributed by atoms with E-state index in [1.54, 1.807) is 23.7 Å². The molecule has 0 unspecified atom stereocenters. The van der Waals surface area contributed by atoms with E-state index in [-0.39, 0.29) is 0 Å². The molecule has 0 aliphatic rings. The molecule has 0 N–H and O–H groups in total. The minimum absolute atomic E-state index is 0.908. The molecular weight excluding hydrogens is 194 g/mol. The van der Waals surface area contributed by atoms with Crippen LogP contribution in [0.15, 0.2) is 24.5 Å². The number of nitrogens with zero attached hydrogens (tertiary/aromatic N) is 3. The third-order valence-corrected chi connectivity index (χ3v) is 3.02. The number of hydrogen-bond acceptors (Lipinski definition) is 4. The van der Waals surface area contributed by atoms with Gasteiger partial charge in [0.1, 0.15) is 0 Å². The Morgan fingerprint density at radius 1 is 1.00 bits per heavy atom. The van der Waals surface area contributed by atoms with Gasteiger partial charge >= 0.3 is 0 Å². The molecule has 0 radical (unpaired) electrons. The monoisotopic (exact) mass is 201 g/mol. The summed E-state index contributed by atoms with van der Waals surface area (Å²) in [6.45, 7) is 2.01. The van der Waals surface area contributed by atoms with Crippen LogP contribution in [0.1, 0.15) is 5.01 Å². The molecule has 4 heteroatoms. The SMILES string of the molecule is Cc1nc2cc3nccnc3cc2s1. The predicted molar refractivity (Wildman–Crippen MR) is 57.5 cm³/mol. The molecule has 3 aromatic rings. The van der Waals surface area contributed by atoms with Crippen LogP contribution in [-0.2, 0) is 0 Å². The van der Waals surface area contributed by atoms with Gasteiger partial charge in [0.2, 0.25) is 0 Å². The fraction of sp³-hybridized carbons (Fsp3) is 0.100. The summed E-state index contributed by atoms with van der Waals surface area (Å²) in [6.07, 6.45) is 3.41. The topological polar surface area (TPSA) is 38.7 Å². The van der Waals surface area contributed by atoms with Crippen molar-refractivity contribution in [3.8, 4) is 0 Å². The highest BCUT2D eigenvalue weighted by Gasteiger charge is 2.03. The number of aryl methyl sites for hydroxylation is 1. The van der Waals surface area contributed by atoms with Crippen LogP contribution in [0.5, 0.6) is 0 Å². The van der Waals surface area contributed by atoms with E-state index in [4.69, 9.17) is 0 Å². The van der Waals surface area contributed by atoms with Crippen molar-refractivity contribution >= 4 is 32.6 Å².